The monoisotopic (exact) mass is 336 g/mol. The molecule has 2 aromatic heterocycles. The number of hydrogen-bond acceptors (Lipinski definition) is 5. The zero-order valence-electron chi connectivity index (χ0n) is 14.4. The van der Waals surface area contributed by atoms with Gasteiger partial charge < -0.3 is 9.40 Å². The number of hydrogen-bond donors (Lipinski definition) is 1. The van der Waals surface area contributed by atoms with Crippen LogP contribution in [0.4, 0.5) is 0 Å². The summed E-state index contributed by atoms with van der Waals surface area (Å²) in [7, 11) is 0. The topological polar surface area (TPSA) is 75.0 Å². The number of H-pyrrole nitrogens is 1. The molecule has 1 aliphatic rings. The van der Waals surface area contributed by atoms with Crippen LogP contribution in [0, 0.1) is 13.8 Å². The molecule has 128 valence electrons. The average Bonchev–Trinajstić information content (AvgIpc) is 2.97. The normalized spacial score (nSPS) is 14.5. The minimum atomic E-state index is -0.0333. The summed E-state index contributed by atoms with van der Waals surface area (Å²) in [4.78, 5) is 26.3. The molecule has 0 radical (unpaired) electrons. The van der Waals surface area contributed by atoms with Gasteiger partial charge in [-0.15, -0.1) is 0 Å². The van der Waals surface area contributed by atoms with Crippen LogP contribution in [0.2, 0.25) is 0 Å². The molecular formula is C19H20N4O2. The maximum absolute atomic E-state index is 12.2. The molecule has 0 amide bonds. The Bertz CT molecular complexity index is 959. The lowest BCUT2D eigenvalue weighted by molar-refractivity contribution is 0.238. The Morgan fingerprint density at radius 3 is 2.80 bits per heavy atom. The summed E-state index contributed by atoms with van der Waals surface area (Å²) >= 11 is 0. The minimum absolute atomic E-state index is 0.0333. The summed E-state index contributed by atoms with van der Waals surface area (Å²) in [6.45, 7) is 5.86. The summed E-state index contributed by atoms with van der Waals surface area (Å²) in [5.74, 6) is 2.14. The number of nitrogens with one attached hydrogen (secondary N) is 1. The Morgan fingerprint density at radius 2 is 2.00 bits per heavy atom. The lowest BCUT2D eigenvalue weighted by Gasteiger charge is -2.26. The number of oxazole rings is 1. The van der Waals surface area contributed by atoms with Crippen molar-refractivity contribution >= 4 is 0 Å². The summed E-state index contributed by atoms with van der Waals surface area (Å²) < 4.78 is 5.83. The van der Waals surface area contributed by atoms with Gasteiger partial charge in [0, 0.05) is 31.6 Å². The van der Waals surface area contributed by atoms with E-state index in [1.54, 1.807) is 0 Å². The van der Waals surface area contributed by atoms with Gasteiger partial charge in [0.15, 0.2) is 0 Å². The molecule has 0 atom stereocenters. The summed E-state index contributed by atoms with van der Waals surface area (Å²) in [6, 6.07) is 9.88. The molecule has 1 N–H and O–H groups in total. The Labute approximate surface area is 145 Å². The summed E-state index contributed by atoms with van der Waals surface area (Å²) in [6.07, 6.45) is 0.780. The number of aryl methyl sites for hydroxylation is 2. The zero-order valence-corrected chi connectivity index (χ0v) is 14.4. The molecule has 0 fully saturated rings. The van der Waals surface area contributed by atoms with Crippen molar-refractivity contribution < 1.29 is 4.42 Å². The maximum atomic E-state index is 12.2. The first-order valence-corrected chi connectivity index (χ1v) is 8.43. The number of aromatic amines is 1. The average molecular weight is 336 g/mol. The summed E-state index contributed by atoms with van der Waals surface area (Å²) in [5, 5.41) is 0. The molecular weight excluding hydrogens is 316 g/mol. The Kier molecular flexibility index (Phi) is 3.97. The van der Waals surface area contributed by atoms with Crippen LogP contribution in [0.1, 0.15) is 28.5 Å². The number of aromatic nitrogens is 3. The SMILES string of the molecule is Cc1nc2c(c(=O)[nH]1)CN(Cc1nc(-c3ccccc3)oc1C)CC2. The maximum Gasteiger partial charge on any atom is 0.255 e. The molecule has 6 nitrogen and oxygen atoms in total. The molecule has 1 aliphatic heterocycles. The van der Waals surface area contributed by atoms with E-state index in [0.717, 1.165) is 41.2 Å². The van der Waals surface area contributed by atoms with Gasteiger partial charge in [0.1, 0.15) is 11.6 Å². The van der Waals surface area contributed by atoms with Crippen molar-refractivity contribution in [1.29, 1.82) is 0 Å². The van der Waals surface area contributed by atoms with Gasteiger partial charge in [0.25, 0.3) is 5.56 Å². The number of fused-ring (bicyclic) bond motifs is 1. The molecule has 4 rings (SSSR count). The van der Waals surface area contributed by atoms with E-state index in [0.29, 0.717) is 24.8 Å². The predicted molar refractivity (Wildman–Crippen MR) is 94.1 cm³/mol. The van der Waals surface area contributed by atoms with Crippen molar-refractivity contribution in [1.82, 2.24) is 19.9 Å². The van der Waals surface area contributed by atoms with Gasteiger partial charge in [-0.2, -0.15) is 0 Å². The van der Waals surface area contributed by atoms with Gasteiger partial charge in [-0.3, -0.25) is 9.69 Å². The standard InChI is InChI=1S/C19H20N4O2/c1-12-17(22-19(25-12)14-6-4-3-5-7-14)11-23-9-8-16-15(10-23)18(24)21-13(2)20-16/h3-7H,8-11H2,1-2H3,(H,20,21,24). The number of nitrogens with zero attached hydrogens (tertiary/aromatic N) is 3. The molecule has 0 unspecified atom stereocenters. The fraction of sp³-hybridized carbons (Fsp3) is 0.316. The third-order valence-corrected chi connectivity index (χ3v) is 4.55. The van der Waals surface area contributed by atoms with Crippen LogP contribution in [0.25, 0.3) is 11.5 Å². The smallest absolute Gasteiger partial charge is 0.255 e. The van der Waals surface area contributed by atoms with Crippen molar-refractivity contribution in [3.8, 4) is 11.5 Å². The van der Waals surface area contributed by atoms with Crippen LogP contribution >= 0.6 is 0 Å². The van der Waals surface area contributed by atoms with Crippen LogP contribution in [0.3, 0.4) is 0 Å². The van der Waals surface area contributed by atoms with Crippen LogP contribution in [0.15, 0.2) is 39.5 Å². The van der Waals surface area contributed by atoms with Crippen molar-refractivity contribution in [2.45, 2.75) is 33.4 Å². The molecule has 0 saturated carbocycles. The number of benzene rings is 1. The highest BCUT2D eigenvalue weighted by atomic mass is 16.4. The van der Waals surface area contributed by atoms with E-state index >= 15 is 0 Å². The molecule has 3 heterocycles. The first kappa shape index (κ1) is 15.8. The molecule has 0 saturated heterocycles. The van der Waals surface area contributed by atoms with Gasteiger partial charge >= 0.3 is 0 Å². The second-order valence-electron chi connectivity index (χ2n) is 6.43. The molecule has 0 aliphatic carbocycles. The van der Waals surface area contributed by atoms with E-state index in [1.165, 1.54) is 0 Å². The fourth-order valence-corrected chi connectivity index (χ4v) is 3.23. The first-order chi connectivity index (χ1) is 12.1. The molecule has 6 heteroatoms. The van der Waals surface area contributed by atoms with Crippen molar-refractivity contribution in [3.63, 3.8) is 0 Å². The van der Waals surface area contributed by atoms with E-state index in [9.17, 15) is 4.79 Å². The third-order valence-electron chi connectivity index (χ3n) is 4.55. The largest absolute Gasteiger partial charge is 0.441 e. The lowest BCUT2D eigenvalue weighted by atomic mass is 10.1. The van der Waals surface area contributed by atoms with Gasteiger partial charge in [-0.1, -0.05) is 18.2 Å². The molecule has 1 aromatic carbocycles. The van der Waals surface area contributed by atoms with Crippen molar-refractivity contribution in [2.24, 2.45) is 0 Å². The van der Waals surface area contributed by atoms with Crippen LogP contribution in [0.5, 0.6) is 0 Å². The molecule has 0 spiro atoms. The molecule has 3 aromatic rings. The summed E-state index contributed by atoms with van der Waals surface area (Å²) in [5.41, 5.74) is 3.53. The van der Waals surface area contributed by atoms with E-state index in [1.807, 2.05) is 44.2 Å². The Balaban J connectivity index is 1.56. The van der Waals surface area contributed by atoms with E-state index < -0.39 is 0 Å². The van der Waals surface area contributed by atoms with Gasteiger partial charge in [0.2, 0.25) is 5.89 Å². The fourth-order valence-electron chi connectivity index (χ4n) is 3.23. The number of rotatable bonds is 3. The Hall–Kier alpha value is -2.73. The van der Waals surface area contributed by atoms with Crippen molar-refractivity contribution in [3.05, 3.63) is 69.2 Å². The zero-order chi connectivity index (χ0) is 17.4. The van der Waals surface area contributed by atoms with E-state index in [-0.39, 0.29) is 5.56 Å². The lowest BCUT2D eigenvalue weighted by Crippen LogP contribution is -2.35. The second-order valence-corrected chi connectivity index (χ2v) is 6.43. The van der Waals surface area contributed by atoms with Gasteiger partial charge in [-0.05, 0) is 26.0 Å². The van der Waals surface area contributed by atoms with Crippen LogP contribution < -0.4 is 5.56 Å². The van der Waals surface area contributed by atoms with Crippen LogP contribution in [-0.2, 0) is 19.5 Å². The highest BCUT2D eigenvalue weighted by molar-refractivity contribution is 5.53. The first-order valence-electron chi connectivity index (χ1n) is 8.43. The highest BCUT2D eigenvalue weighted by Gasteiger charge is 2.22. The van der Waals surface area contributed by atoms with Crippen molar-refractivity contribution in [2.75, 3.05) is 6.54 Å². The minimum Gasteiger partial charge on any atom is -0.441 e. The van der Waals surface area contributed by atoms with Crippen LogP contribution in [-0.4, -0.2) is 26.4 Å². The Morgan fingerprint density at radius 1 is 1.20 bits per heavy atom. The van der Waals surface area contributed by atoms with E-state index in [4.69, 9.17) is 4.42 Å². The van der Waals surface area contributed by atoms with Gasteiger partial charge in [-0.25, -0.2) is 9.97 Å². The highest BCUT2D eigenvalue weighted by Crippen LogP contribution is 2.23. The van der Waals surface area contributed by atoms with E-state index in [2.05, 4.69) is 19.9 Å². The predicted octanol–water partition coefficient (Wildman–Crippen LogP) is 2.60. The molecule has 25 heavy (non-hydrogen) atoms. The quantitative estimate of drug-likeness (QED) is 0.796. The second kappa shape index (κ2) is 6.29. The molecule has 0 bridgehead atoms. The third kappa shape index (κ3) is 3.13. The van der Waals surface area contributed by atoms with Gasteiger partial charge in [0.05, 0.1) is 17.0 Å².